The largest absolute Gasteiger partial charge is 0.316 e. The maximum atomic E-state index is 4.86. The lowest BCUT2D eigenvalue weighted by molar-refractivity contribution is 0.372. The lowest BCUT2D eigenvalue weighted by Crippen LogP contribution is -2.18. The van der Waals surface area contributed by atoms with Crippen molar-refractivity contribution in [1.29, 1.82) is 0 Å². The van der Waals surface area contributed by atoms with Crippen LogP contribution >= 0.6 is 23.7 Å². The number of thiazole rings is 1. The molecule has 1 aliphatic carbocycles. The second-order valence-electron chi connectivity index (χ2n) is 7.66. The van der Waals surface area contributed by atoms with E-state index in [4.69, 9.17) is 4.98 Å². The molecule has 0 bridgehead atoms. The molecule has 1 aliphatic heterocycles. The molecule has 1 saturated heterocycles. The molecular formula is C22H25ClN4S. The first-order valence-electron chi connectivity index (χ1n) is 9.80. The fourth-order valence-corrected chi connectivity index (χ4v) is 5.45. The highest BCUT2D eigenvalue weighted by atomic mass is 35.5. The topological polar surface area (TPSA) is 49.8 Å². The van der Waals surface area contributed by atoms with E-state index < -0.39 is 0 Å². The molecule has 3 heterocycles. The molecule has 2 N–H and O–H groups in total. The Balaban J connectivity index is 0.00000192. The minimum absolute atomic E-state index is 0. The van der Waals surface area contributed by atoms with Crippen molar-refractivity contribution >= 4 is 34.7 Å². The molecular weight excluding hydrogens is 388 g/mol. The molecule has 2 fully saturated rings. The molecule has 0 spiro atoms. The fourth-order valence-electron chi connectivity index (χ4n) is 4.63. The van der Waals surface area contributed by atoms with Crippen molar-refractivity contribution in [3.63, 3.8) is 0 Å². The highest BCUT2D eigenvalue weighted by Gasteiger charge is 2.38. The van der Waals surface area contributed by atoms with Crippen molar-refractivity contribution in [2.45, 2.75) is 19.3 Å². The fraction of sp³-hybridized carbons (Fsp3) is 0.364. The van der Waals surface area contributed by atoms with Crippen molar-refractivity contribution in [1.82, 2.24) is 15.3 Å². The molecule has 28 heavy (non-hydrogen) atoms. The molecule has 1 aromatic carbocycles. The number of hydrogen-bond acceptors (Lipinski definition) is 5. The maximum Gasteiger partial charge on any atom is 0.188 e. The third-order valence-corrected chi connectivity index (χ3v) is 6.94. The lowest BCUT2D eigenvalue weighted by Gasteiger charge is -2.17. The molecule has 5 rings (SSSR count). The van der Waals surface area contributed by atoms with Crippen LogP contribution in [0, 0.1) is 17.8 Å². The first-order valence-corrected chi connectivity index (χ1v) is 10.6. The molecule has 1 saturated carbocycles. The summed E-state index contributed by atoms with van der Waals surface area (Å²) < 4.78 is 0. The van der Waals surface area contributed by atoms with Gasteiger partial charge in [-0.1, -0.05) is 47.7 Å². The monoisotopic (exact) mass is 412 g/mol. The van der Waals surface area contributed by atoms with E-state index in [1.807, 2.05) is 18.3 Å². The third kappa shape index (κ3) is 4.07. The summed E-state index contributed by atoms with van der Waals surface area (Å²) in [5.74, 6) is 3.40. The normalized spacial score (nSPS) is 23.2. The van der Waals surface area contributed by atoms with Crippen molar-refractivity contribution in [3.8, 4) is 10.4 Å². The van der Waals surface area contributed by atoms with Gasteiger partial charge in [0.15, 0.2) is 5.13 Å². The number of nitrogens with zero attached hydrogens (tertiary/aromatic N) is 2. The Hall–Kier alpha value is -1.95. The number of aromatic nitrogens is 2. The van der Waals surface area contributed by atoms with Gasteiger partial charge in [-0.3, -0.25) is 0 Å². The smallest absolute Gasteiger partial charge is 0.188 e. The van der Waals surface area contributed by atoms with Crippen molar-refractivity contribution in [3.05, 3.63) is 60.4 Å². The zero-order valence-corrected chi connectivity index (χ0v) is 17.3. The van der Waals surface area contributed by atoms with Crippen LogP contribution in [0.5, 0.6) is 0 Å². The summed E-state index contributed by atoms with van der Waals surface area (Å²) in [5, 5.41) is 7.84. The van der Waals surface area contributed by atoms with E-state index >= 15 is 0 Å². The van der Waals surface area contributed by atoms with Crippen LogP contribution in [0.1, 0.15) is 18.5 Å². The number of anilines is 2. The Bertz CT molecular complexity index is 914. The number of fused-ring (bicyclic) bond motifs is 1. The molecule has 6 heteroatoms. The number of benzene rings is 1. The standard InChI is InChI=1S/C22H24N4S.ClH/c1-2-5-15(6-3-1)20-14-24-22(27-20)26-21-8-4-7-18(25-21)11-16-9-10-17-12-23-13-19(16)17;/h1-8,14,16-17,19,23H,9-13H2,(H,24,25,26);1H/t16-,17-,19-;/m1./s1. The average molecular weight is 413 g/mol. The van der Waals surface area contributed by atoms with E-state index in [1.165, 1.54) is 42.1 Å². The zero-order chi connectivity index (χ0) is 18.1. The van der Waals surface area contributed by atoms with Gasteiger partial charge in [0, 0.05) is 11.9 Å². The van der Waals surface area contributed by atoms with Gasteiger partial charge < -0.3 is 10.6 Å². The summed E-state index contributed by atoms with van der Waals surface area (Å²) in [7, 11) is 0. The van der Waals surface area contributed by atoms with Crippen LogP contribution in [-0.2, 0) is 6.42 Å². The first kappa shape index (κ1) is 19.4. The number of nitrogens with one attached hydrogen (secondary N) is 2. The van der Waals surface area contributed by atoms with Crippen molar-refractivity contribution < 1.29 is 0 Å². The third-order valence-electron chi connectivity index (χ3n) is 5.98. The maximum absolute atomic E-state index is 4.86. The highest BCUT2D eigenvalue weighted by Crippen LogP contribution is 2.40. The molecule has 3 atom stereocenters. The highest BCUT2D eigenvalue weighted by molar-refractivity contribution is 7.18. The predicted molar refractivity (Wildman–Crippen MR) is 119 cm³/mol. The van der Waals surface area contributed by atoms with E-state index in [2.05, 4.69) is 52.0 Å². The molecule has 146 valence electrons. The Labute approximate surface area is 176 Å². The molecule has 3 aromatic rings. The Morgan fingerprint density at radius 2 is 1.93 bits per heavy atom. The number of rotatable bonds is 5. The summed E-state index contributed by atoms with van der Waals surface area (Å²) in [4.78, 5) is 10.6. The van der Waals surface area contributed by atoms with Gasteiger partial charge in [-0.15, -0.1) is 12.4 Å². The molecule has 0 amide bonds. The number of pyridine rings is 1. The van der Waals surface area contributed by atoms with E-state index in [1.54, 1.807) is 11.3 Å². The lowest BCUT2D eigenvalue weighted by atomic mass is 9.89. The SMILES string of the molecule is Cl.c1ccc(-c2cnc(Nc3cccc(C[C@H]4CC[C@@H]5CNC[C@@H]54)n3)s2)cc1. The van der Waals surface area contributed by atoms with E-state index in [-0.39, 0.29) is 12.4 Å². The number of halogens is 1. The van der Waals surface area contributed by atoms with Crippen LogP contribution in [0.3, 0.4) is 0 Å². The second kappa shape index (κ2) is 8.60. The van der Waals surface area contributed by atoms with E-state index in [0.717, 1.165) is 35.1 Å². The Morgan fingerprint density at radius 1 is 1.04 bits per heavy atom. The van der Waals surface area contributed by atoms with Crippen LogP contribution in [-0.4, -0.2) is 23.1 Å². The number of hydrogen-bond donors (Lipinski definition) is 2. The second-order valence-corrected chi connectivity index (χ2v) is 8.69. The van der Waals surface area contributed by atoms with Crippen LogP contribution in [0.4, 0.5) is 10.9 Å². The summed E-state index contributed by atoms with van der Waals surface area (Å²) >= 11 is 1.66. The van der Waals surface area contributed by atoms with Gasteiger partial charge >= 0.3 is 0 Å². The van der Waals surface area contributed by atoms with Gasteiger partial charge in [-0.2, -0.15) is 0 Å². The van der Waals surface area contributed by atoms with E-state index in [9.17, 15) is 0 Å². The van der Waals surface area contributed by atoms with Gasteiger partial charge in [-0.25, -0.2) is 9.97 Å². The zero-order valence-electron chi connectivity index (χ0n) is 15.7. The van der Waals surface area contributed by atoms with Crippen LogP contribution in [0.25, 0.3) is 10.4 Å². The quantitative estimate of drug-likeness (QED) is 0.607. The van der Waals surface area contributed by atoms with Crippen molar-refractivity contribution in [2.24, 2.45) is 17.8 Å². The van der Waals surface area contributed by atoms with Crippen LogP contribution in [0.15, 0.2) is 54.7 Å². The summed E-state index contributed by atoms with van der Waals surface area (Å²) in [5.41, 5.74) is 2.39. The van der Waals surface area contributed by atoms with Gasteiger partial charge in [-0.05, 0) is 67.8 Å². The molecule has 0 radical (unpaired) electrons. The Kier molecular flexibility index (Phi) is 5.95. The first-order chi connectivity index (χ1) is 13.3. The molecule has 4 nitrogen and oxygen atoms in total. The van der Waals surface area contributed by atoms with Gasteiger partial charge in [0.2, 0.25) is 0 Å². The van der Waals surface area contributed by atoms with Gasteiger partial charge in [0.25, 0.3) is 0 Å². The summed E-state index contributed by atoms with van der Waals surface area (Å²) in [6.45, 7) is 2.40. The van der Waals surface area contributed by atoms with Gasteiger partial charge in [0.1, 0.15) is 5.82 Å². The minimum atomic E-state index is 0. The summed E-state index contributed by atoms with van der Waals surface area (Å²) in [6, 6.07) is 16.7. The average Bonchev–Trinajstić information content (AvgIpc) is 3.42. The van der Waals surface area contributed by atoms with Crippen LogP contribution in [0.2, 0.25) is 0 Å². The van der Waals surface area contributed by atoms with Crippen molar-refractivity contribution in [2.75, 3.05) is 18.4 Å². The minimum Gasteiger partial charge on any atom is -0.316 e. The molecule has 2 aromatic heterocycles. The molecule has 2 aliphatic rings. The molecule has 0 unspecified atom stereocenters. The summed E-state index contributed by atoms with van der Waals surface area (Å²) in [6.07, 6.45) is 5.74. The Morgan fingerprint density at radius 3 is 2.82 bits per heavy atom. The predicted octanol–water partition coefficient (Wildman–Crippen LogP) is 5.16. The van der Waals surface area contributed by atoms with Crippen LogP contribution < -0.4 is 10.6 Å². The van der Waals surface area contributed by atoms with E-state index in [0.29, 0.717) is 0 Å². The van der Waals surface area contributed by atoms with Gasteiger partial charge in [0.05, 0.1) is 4.88 Å².